The van der Waals surface area contributed by atoms with Crippen LogP contribution in [0.15, 0.2) is 0 Å². The van der Waals surface area contributed by atoms with E-state index in [1.165, 1.54) is 13.8 Å². The summed E-state index contributed by atoms with van der Waals surface area (Å²) in [7, 11) is 0. The second-order valence-electron chi connectivity index (χ2n) is 3.87. The van der Waals surface area contributed by atoms with E-state index in [-0.39, 0.29) is 12.4 Å². The number of aliphatic hydroxyl groups excluding tert-OH is 2. The molecular formula is C9H18O4. The normalized spacial score (nSPS) is 16.8. The van der Waals surface area contributed by atoms with Gasteiger partial charge in [0.15, 0.2) is 12.1 Å². The molecule has 0 aromatic carbocycles. The number of ether oxygens (including phenoxy) is 1. The number of Topliss-reactive ketones (excluding diaryl/α,β-unsaturated/α-hetero) is 1. The molecule has 2 atom stereocenters. The summed E-state index contributed by atoms with van der Waals surface area (Å²) in [5, 5.41) is 18.0. The minimum atomic E-state index is -1.00. The van der Waals surface area contributed by atoms with Gasteiger partial charge in [0.05, 0.1) is 6.61 Å². The van der Waals surface area contributed by atoms with Crippen LogP contribution in [0.4, 0.5) is 0 Å². The maximum atomic E-state index is 11.1. The summed E-state index contributed by atoms with van der Waals surface area (Å²) in [6.07, 6.45) is -1.77. The smallest absolute Gasteiger partial charge is 0.159 e. The van der Waals surface area contributed by atoms with Crippen LogP contribution in [-0.4, -0.2) is 35.0 Å². The third kappa shape index (κ3) is 3.85. The number of carbonyl (C=O) groups is 1. The summed E-state index contributed by atoms with van der Waals surface area (Å²) in [4.78, 5) is 11.1. The molecule has 0 aromatic heterocycles. The molecule has 0 bridgehead atoms. The van der Waals surface area contributed by atoms with Crippen LogP contribution in [-0.2, 0) is 9.53 Å². The first-order chi connectivity index (χ1) is 5.81. The molecule has 4 nitrogen and oxygen atoms in total. The highest BCUT2D eigenvalue weighted by Crippen LogP contribution is 2.24. The topological polar surface area (TPSA) is 66.8 Å². The number of rotatable bonds is 5. The third-order valence-electron chi connectivity index (χ3n) is 1.82. The third-order valence-corrected chi connectivity index (χ3v) is 1.82. The number of hydrogen-bond donors (Lipinski definition) is 2. The molecule has 0 heterocycles. The van der Waals surface area contributed by atoms with E-state index in [0.29, 0.717) is 0 Å². The minimum Gasteiger partial charge on any atom is -0.396 e. The molecule has 0 amide bonds. The summed E-state index contributed by atoms with van der Waals surface area (Å²) >= 11 is 0. The molecule has 0 aliphatic carbocycles. The SMILES string of the molecule is CC(=O)C(OC(C)O)C(C)(C)CO. The minimum absolute atomic E-state index is 0.163. The number of ketones is 1. The first-order valence-electron chi connectivity index (χ1n) is 4.26. The fraction of sp³-hybridized carbons (Fsp3) is 0.889. The van der Waals surface area contributed by atoms with Crippen LogP contribution in [0.1, 0.15) is 27.7 Å². The van der Waals surface area contributed by atoms with Crippen LogP contribution in [0.25, 0.3) is 0 Å². The average molecular weight is 190 g/mol. The van der Waals surface area contributed by atoms with Crippen molar-refractivity contribution in [2.24, 2.45) is 5.41 Å². The maximum Gasteiger partial charge on any atom is 0.159 e. The molecule has 0 radical (unpaired) electrons. The van der Waals surface area contributed by atoms with E-state index < -0.39 is 17.8 Å². The number of carbonyl (C=O) groups excluding carboxylic acids is 1. The number of aliphatic hydroxyl groups is 2. The highest BCUT2D eigenvalue weighted by Gasteiger charge is 2.34. The molecule has 0 fully saturated rings. The Morgan fingerprint density at radius 3 is 2.23 bits per heavy atom. The van der Waals surface area contributed by atoms with Gasteiger partial charge >= 0.3 is 0 Å². The fourth-order valence-corrected chi connectivity index (χ4v) is 1.11. The largest absolute Gasteiger partial charge is 0.396 e. The Labute approximate surface area is 78.5 Å². The molecule has 0 saturated carbocycles. The van der Waals surface area contributed by atoms with Crippen molar-refractivity contribution in [2.75, 3.05) is 6.61 Å². The van der Waals surface area contributed by atoms with Crippen LogP contribution < -0.4 is 0 Å². The second-order valence-corrected chi connectivity index (χ2v) is 3.87. The van der Waals surface area contributed by atoms with E-state index in [0.717, 1.165) is 0 Å². The summed E-state index contributed by atoms with van der Waals surface area (Å²) in [6.45, 7) is 6.07. The highest BCUT2D eigenvalue weighted by atomic mass is 16.6. The molecule has 0 spiro atoms. The maximum absolute atomic E-state index is 11.1. The van der Waals surface area contributed by atoms with Crippen molar-refractivity contribution in [1.29, 1.82) is 0 Å². The summed E-state index contributed by atoms with van der Waals surface area (Å²) in [5.74, 6) is -0.194. The van der Waals surface area contributed by atoms with E-state index in [1.54, 1.807) is 13.8 Å². The van der Waals surface area contributed by atoms with E-state index >= 15 is 0 Å². The van der Waals surface area contributed by atoms with Gasteiger partial charge in [0, 0.05) is 5.41 Å². The van der Waals surface area contributed by atoms with Gasteiger partial charge in [0.1, 0.15) is 6.10 Å². The zero-order valence-corrected chi connectivity index (χ0v) is 8.57. The molecule has 0 rings (SSSR count). The van der Waals surface area contributed by atoms with Gasteiger partial charge in [0.25, 0.3) is 0 Å². The first-order valence-corrected chi connectivity index (χ1v) is 4.26. The Morgan fingerprint density at radius 2 is 2.00 bits per heavy atom. The number of hydrogen-bond acceptors (Lipinski definition) is 4. The van der Waals surface area contributed by atoms with E-state index in [1.807, 2.05) is 0 Å². The van der Waals surface area contributed by atoms with Crippen LogP contribution in [0.2, 0.25) is 0 Å². The van der Waals surface area contributed by atoms with Gasteiger partial charge in [-0.2, -0.15) is 0 Å². The van der Waals surface area contributed by atoms with Crippen molar-refractivity contribution in [3.8, 4) is 0 Å². The van der Waals surface area contributed by atoms with Gasteiger partial charge in [0.2, 0.25) is 0 Å². The van der Waals surface area contributed by atoms with Gasteiger partial charge in [-0.05, 0) is 13.8 Å². The van der Waals surface area contributed by atoms with E-state index in [2.05, 4.69) is 0 Å². The van der Waals surface area contributed by atoms with Crippen molar-refractivity contribution in [3.05, 3.63) is 0 Å². The molecule has 4 heteroatoms. The highest BCUT2D eigenvalue weighted by molar-refractivity contribution is 5.81. The van der Waals surface area contributed by atoms with Crippen LogP contribution in [0.3, 0.4) is 0 Å². The summed E-state index contributed by atoms with van der Waals surface area (Å²) in [5.41, 5.74) is -0.664. The Hall–Kier alpha value is -0.450. The Kier molecular flexibility index (Phi) is 4.53. The molecule has 0 aliphatic heterocycles. The molecule has 13 heavy (non-hydrogen) atoms. The molecule has 0 saturated heterocycles. The monoisotopic (exact) mass is 190 g/mol. The van der Waals surface area contributed by atoms with Crippen molar-refractivity contribution < 1.29 is 19.7 Å². The van der Waals surface area contributed by atoms with Crippen molar-refractivity contribution in [1.82, 2.24) is 0 Å². The van der Waals surface area contributed by atoms with Crippen LogP contribution in [0.5, 0.6) is 0 Å². The lowest BCUT2D eigenvalue weighted by Gasteiger charge is -2.31. The quantitative estimate of drug-likeness (QED) is 0.613. The van der Waals surface area contributed by atoms with E-state index in [4.69, 9.17) is 14.9 Å². The lowest BCUT2D eigenvalue weighted by Crippen LogP contribution is -2.42. The van der Waals surface area contributed by atoms with Crippen LogP contribution in [0, 0.1) is 5.41 Å². The van der Waals surface area contributed by atoms with Crippen molar-refractivity contribution in [2.45, 2.75) is 40.1 Å². The van der Waals surface area contributed by atoms with Gasteiger partial charge in [-0.15, -0.1) is 0 Å². The second kappa shape index (κ2) is 4.69. The van der Waals surface area contributed by atoms with Crippen LogP contribution >= 0.6 is 0 Å². The molecule has 2 unspecified atom stereocenters. The predicted octanol–water partition coefficient (Wildman–Crippen LogP) is 0.317. The molecule has 78 valence electrons. The van der Waals surface area contributed by atoms with Gasteiger partial charge in [-0.3, -0.25) is 4.79 Å². The van der Waals surface area contributed by atoms with Gasteiger partial charge in [-0.1, -0.05) is 13.8 Å². The molecule has 0 aliphatic rings. The summed E-state index contributed by atoms with van der Waals surface area (Å²) < 4.78 is 5.01. The van der Waals surface area contributed by atoms with Crippen molar-refractivity contribution in [3.63, 3.8) is 0 Å². The zero-order chi connectivity index (χ0) is 10.6. The standard InChI is InChI=1S/C9H18O4/c1-6(11)8(13-7(2)12)9(3,4)5-10/h7-8,10,12H,5H2,1-4H3. The molecule has 2 N–H and O–H groups in total. The Bertz CT molecular complexity index is 174. The lowest BCUT2D eigenvalue weighted by atomic mass is 9.85. The lowest BCUT2D eigenvalue weighted by molar-refractivity contribution is -0.174. The fourth-order valence-electron chi connectivity index (χ4n) is 1.11. The summed E-state index contributed by atoms with van der Waals surface area (Å²) in [6, 6.07) is 0. The zero-order valence-electron chi connectivity index (χ0n) is 8.57. The Morgan fingerprint density at radius 1 is 1.54 bits per heavy atom. The van der Waals surface area contributed by atoms with Gasteiger partial charge in [-0.25, -0.2) is 0 Å². The first kappa shape index (κ1) is 12.6. The molecule has 0 aromatic rings. The van der Waals surface area contributed by atoms with Crippen molar-refractivity contribution >= 4 is 5.78 Å². The predicted molar refractivity (Wildman–Crippen MR) is 48.1 cm³/mol. The average Bonchev–Trinajstić information content (AvgIpc) is 1.99. The molecular weight excluding hydrogens is 172 g/mol. The van der Waals surface area contributed by atoms with E-state index in [9.17, 15) is 4.79 Å². The Balaban J connectivity index is 4.51. The van der Waals surface area contributed by atoms with Gasteiger partial charge < -0.3 is 14.9 Å².